The molecule has 3 heteroatoms. The van der Waals surface area contributed by atoms with E-state index in [4.69, 9.17) is 5.73 Å². The zero-order valence-corrected chi connectivity index (χ0v) is 11.0. The van der Waals surface area contributed by atoms with Gasteiger partial charge in [0.05, 0.1) is 11.5 Å². The van der Waals surface area contributed by atoms with Crippen LogP contribution in [-0.2, 0) is 4.79 Å². The molecule has 1 aromatic carbocycles. The summed E-state index contributed by atoms with van der Waals surface area (Å²) in [5.74, 6) is 0.0593. The third-order valence-corrected chi connectivity index (χ3v) is 4.02. The van der Waals surface area contributed by atoms with Gasteiger partial charge in [-0.25, -0.2) is 0 Å². The fourth-order valence-electron chi connectivity index (χ4n) is 2.59. The van der Waals surface area contributed by atoms with Crippen molar-refractivity contribution in [1.82, 2.24) is 5.32 Å². The van der Waals surface area contributed by atoms with Crippen molar-refractivity contribution in [3.63, 3.8) is 0 Å². The molecular formula is C15H22N2O. The molecule has 1 amide bonds. The number of benzene rings is 1. The molecule has 3 nitrogen and oxygen atoms in total. The molecule has 0 aromatic heterocycles. The van der Waals surface area contributed by atoms with Gasteiger partial charge in [-0.1, -0.05) is 37.3 Å². The highest BCUT2D eigenvalue weighted by molar-refractivity contribution is 5.84. The second-order valence-corrected chi connectivity index (χ2v) is 5.20. The van der Waals surface area contributed by atoms with E-state index in [9.17, 15) is 4.79 Å². The number of rotatable bonds is 5. The minimum Gasteiger partial charge on any atom is -0.349 e. The molecule has 1 fully saturated rings. The molecule has 0 spiro atoms. The zero-order chi connectivity index (χ0) is 13.0. The fraction of sp³-hybridized carbons (Fsp3) is 0.533. The van der Waals surface area contributed by atoms with Crippen LogP contribution in [0.2, 0.25) is 0 Å². The number of carbonyl (C=O) groups excluding carboxylic acids is 1. The van der Waals surface area contributed by atoms with Crippen molar-refractivity contribution in [3.8, 4) is 0 Å². The number of hydrogen-bond donors (Lipinski definition) is 2. The van der Waals surface area contributed by atoms with E-state index in [2.05, 4.69) is 5.32 Å². The van der Waals surface area contributed by atoms with Crippen LogP contribution in [0, 0.1) is 0 Å². The van der Waals surface area contributed by atoms with Crippen LogP contribution >= 0.6 is 0 Å². The molecule has 1 unspecified atom stereocenters. The monoisotopic (exact) mass is 246 g/mol. The van der Waals surface area contributed by atoms with Crippen molar-refractivity contribution in [1.29, 1.82) is 0 Å². The van der Waals surface area contributed by atoms with Crippen LogP contribution in [0.5, 0.6) is 0 Å². The number of amides is 1. The maximum absolute atomic E-state index is 12.4. The Kier molecular flexibility index (Phi) is 4.02. The summed E-state index contributed by atoms with van der Waals surface area (Å²) >= 11 is 0. The summed E-state index contributed by atoms with van der Waals surface area (Å²) in [4.78, 5) is 12.4. The van der Waals surface area contributed by atoms with Crippen LogP contribution in [0.4, 0.5) is 0 Å². The molecule has 3 N–H and O–H groups in total. The second kappa shape index (κ2) is 5.53. The Morgan fingerprint density at radius 2 is 2.06 bits per heavy atom. The molecule has 0 bridgehead atoms. The summed E-state index contributed by atoms with van der Waals surface area (Å²) < 4.78 is 0. The smallest absolute Gasteiger partial charge is 0.228 e. The number of nitrogens with one attached hydrogen (secondary N) is 1. The summed E-state index contributed by atoms with van der Waals surface area (Å²) in [6.45, 7) is 2.59. The Labute approximate surface area is 109 Å². The molecule has 0 saturated heterocycles. The molecule has 1 aliphatic rings. The van der Waals surface area contributed by atoms with Gasteiger partial charge >= 0.3 is 0 Å². The maximum atomic E-state index is 12.4. The minimum atomic E-state index is -0.126. The summed E-state index contributed by atoms with van der Waals surface area (Å²) in [7, 11) is 0. The van der Waals surface area contributed by atoms with E-state index >= 15 is 0 Å². The van der Waals surface area contributed by atoms with E-state index in [0.29, 0.717) is 6.54 Å². The van der Waals surface area contributed by atoms with Gasteiger partial charge in [-0.05, 0) is 31.2 Å². The molecule has 18 heavy (non-hydrogen) atoms. The van der Waals surface area contributed by atoms with E-state index in [1.54, 1.807) is 0 Å². The average molecular weight is 246 g/mol. The Bertz CT molecular complexity index is 393. The molecule has 0 radical (unpaired) electrons. The van der Waals surface area contributed by atoms with Crippen molar-refractivity contribution in [2.24, 2.45) is 5.73 Å². The Morgan fingerprint density at radius 3 is 2.50 bits per heavy atom. The molecule has 98 valence electrons. The van der Waals surface area contributed by atoms with Gasteiger partial charge in [-0.2, -0.15) is 0 Å². The van der Waals surface area contributed by atoms with Crippen molar-refractivity contribution in [2.75, 3.05) is 6.54 Å². The Hall–Kier alpha value is -1.35. The second-order valence-electron chi connectivity index (χ2n) is 5.20. The lowest BCUT2D eigenvalue weighted by atomic mass is 9.76. The van der Waals surface area contributed by atoms with E-state index in [1.165, 1.54) is 6.42 Å². The summed E-state index contributed by atoms with van der Waals surface area (Å²) in [5, 5.41) is 3.17. The topological polar surface area (TPSA) is 55.1 Å². The van der Waals surface area contributed by atoms with Gasteiger partial charge in [0, 0.05) is 6.54 Å². The lowest BCUT2D eigenvalue weighted by molar-refractivity contribution is -0.125. The van der Waals surface area contributed by atoms with E-state index < -0.39 is 0 Å². The van der Waals surface area contributed by atoms with Gasteiger partial charge in [-0.15, -0.1) is 0 Å². The molecule has 0 aliphatic heterocycles. The van der Waals surface area contributed by atoms with Gasteiger partial charge in [0.15, 0.2) is 0 Å². The first-order valence-corrected chi connectivity index (χ1v) is 6.78. The highest BCUT2D eigenvalue weighted by atomic mass is 16.2. The van der Waals surface area contributed by atoms with E-state index in [1.807, 2.05) is 37.3 Å². The summed E-state index contributed by atoms with van der Waals surface area (Å²) in [6.07, 6.45) is 4.01. The van der Waals surface area contributed by atoms with Crippen LogP contribution in [0.25, 0.3) is 0 Å². The Balaban J connectivity index is 2.07. The van der Waals surface area contributed by atoms with Gasteiger partial charge in [0.1, 0.15) is 0 Å². The maximum Gasteiger partial charge on any atom is 0.228 e. The fourth-order valence-corrected chi connectivity index (χ4v) is 2.59. The summed E-state index contributed by atoms with van der Waals surface area (Å²) in [6, 6.07) is 9.97. The number of hydrogen-bond acceptors (Lipinski definition) is 2. The highest BCUT2D eigenvalue weighted by Gasteiger charge is 2.38. The largest absolute Gasteiger partial charge is 0.349 e. The van der Waals surface area contributed by atoms with Crippen LogP contribution < -0.4 is 11.1 Å². The first kappa shape index (κ1) is 13.1. The average Bonchev–Trinajstić information content (AvgIpc) is 2.36. The molecule has 1 aromatic rings. The zero-order valence-electron chi connectivity index (χ0n) is 11.0. The van der Waals surface area contributed by atoms with Gasteiger partial charge in [0.2, 0.25) is 5.91 Å². The standard InChI is InChI=1S/C15H22N2O/c1-2-13(12-7-4-3-5-8-12)14(18)17-15(11-16)9-6-10-15/h3-5,7-8,13H,2,6,9-11,16H2,1H3,(H,17,18). The first-order valence-electron chi connectivity index (χ1n) is 6.78. The van der Waals surface area contributed by atoms with Crippen molar-refractivity contribution in [3.05, 3.63) is 35.9 Å². The number of nitrogens with two attached hydrogens (primary N) is 1. The van der Waals surface area contributed by atoms with Crippen molar-refractivity contribution >= 4 is 5.91 Å². The highest BCUT2D eigenvalue weighted by Crippen LogP contribution is 2.32. The molecule has 1 aliphatic carbocycles. The molecule has 1 saturated carbocycles. The summed E-state index contributed by atoms with van der Waals surface area (Å²) in [5.41, 5.74) is 6.74. The number of carbonyl (C=O) groups is 1. The first-order chi connectivity index (χ1) is 8.71. The lowest BCUT2D eigenvalue weighted by Crippen LogP contribution is -2.59. The van der Waals surface area contributed by atoms with Crippen LogP contribution in [0.1, 0.15) is 44.1 Å². The predicted molar refractivity (Wildman–Crippen MR) is 73.3 cm³/mol. The van der Waals surface area contributed by atoms with E-state index in [-0.39, 0.29) is 17.4 Å². The normalized spacial score (nSPS) is 18.8. The molecule has 1 atom stereocenters. The van der Waals surface area contributed by atoms with E-state index in [0.717, 1.165) is 24.8 Å². The van der Waals surface area contributed by atoms with Gasteiger partial charge < -0.3 is 11.1 Å². The van der Waals surface area contributed by atoms with Gasteiger partial charge in [-0.3, -0.25) is 4.79 Å². The third kappa shape index (κ3) is 2.56. The van der Waals surface area contributed by atoms with Crippen molar-refractivity contribution in [2.45, 2.75) is 44.1 Å². The van der Waals surface area contributed by atoms with Crippen LogP contribution in [0.3, 0.4) is 0 Å². The predicted octanol–water partition coefficient (Wildman–Crippen LogP) is 2.18. The van der Waals surface area contributed by atoms with Crippen LogP contribution in [-0.4, -0.2) is 18.0 Å². The SMILES string of the molecule is CCC(C(=O)NC1(CN)CCC1)c1ccccc1. The molecule has 0 heterocycles. The van der Waals surface area contributed by atoms with Crippen molar-refractivity contribution < 1.29 is 4.79 Å². The Morgan fingerprint density at radius 1 is 1.39 bits per heavy atom. The molecule has 2 rings (SSSR count). The molecular weight excluding hydrogens is 224 g/mol. The lowest BCUT2D eigenvalue weighted by Gasteiger charge is -2.42. The third-order valence-electron chi connectivity index (χ3n) is 4.02. The quantitative estimate of drug-likeness (QED) is 0.836. The van der Waals surface area contributed by atoms with Gasteiger partial charge in [0.25, 0.3) is 0 Å². The minimum absolute atomic E-state index is 0.0600. The van der Waals surface area contributed by atoms with Crippen LogP contribution in [0.15, 0.2) is 30.3 Å².